The number of aromatic nitrogens is 1. The summed E-state index contributed by atoms with van der Waals surface area (Å²) in [5.41, 5.74) is 1.26. The second kappa shape index (κ2) is 5.98. The Bertz CT molecular complexity index is 323. The zero-order valence-electron chi connectivity index (χ0n) is 10.3. The van der Waals surface area contributed by atoms with Gasteiger partial charge >= 0.3 is 0 Å². The number of anilines is 1. The molecule has 4 heteroatoms. The molecule has 1 fully saturated rings. The highest BCUT2D eigenvalue weighted by molar-refractivity contribution is 5.44. The number of hydrogen-bond acceptors (Lipinski definition) is 4. The number of nitrogens with one attached hydrogen (secondary N) is 1. The van der Waals surface area contributed by atoms with Crippen LogP contribution in [0.5, 0.6) is 0 Å². The van der Waals surface area contributed by atoms with E-state index in [0.717, 1.165) is 25.9 Å². The van der Waals surface area contributed by atoms with Crippen molar-refractivity contribution in [2.45, 2.75) is 31.8 Å². The highest BCUT2D eigenvalue weighted by Crippen LogP contribution is 2.18. The van der Waals surface area contributed by atoms with Gasteiger partial charge in [0.1, 0.15) is 0 Å². The fourth-order valence-corrected chi connectivity index (χ4v) is 2.31. The third-order valence-corrected chi connectivity index (χ3v) is 3.32. The van der Waals surface area contributed by atoms with Gasteiger partial charge in [-0.15, -0.1) is 0 Å². The Morgan fingerprint density at radius 2 is 2.06 bits per heavy atom. The van der Waals surface area contributed by atoms with Gasteiger partial charge in [-0.2, -0.15) is 0 Å². The highest BCUT2D eigenvalue weighted by Gasteiger charge is 2.20. The molecule has 4 nitrogen and oxygen atoms in total. The van der Waals surface area contributed by atoms with Crippen LogP contribution in [0.25, 0.3) is 0 Å². The summed E-state index contributed by atoms with van der Waals surface area (Å²) in [6, 6.07) is 4.86. The minimum absolute atomic E-state index is 0.201. The first kappa shape index (κ1) is 12.3. The maximum absolute atomic E-state index is 9.02. The van der Waals surface area contributed by atoms with E-state index in [9.17, 15) is 0 Å². The van der Waals surface area contributed by atoms with E-state index in [0.29, 0.717) is 6.04 Å². The molecule has 0 bridgehead atoms. The second-order valence-electron chi connectivity index (χ2n) is 4.72. The molecule has 2 heterocycles. The van der Waals surface area contributed by atoms with E-state index in [2.05, 4.69) is 27.3 Å². The highest BCUT2D eigenvalue weighted by atomic mass is 16.3. The molecule has 0 radical (unpaired) electrons. The molecule has 1 aliphatic heterocycles. The first-order chi connectivity index (χ1) is 8.29. The Morgan fingerprint density at radius 3 is 2.65 bits per heavy atom. The van der Waals surface area contributed by atoms with Crippen molar-refractivity contribution in [1.29, 1.82) is 0 Å². The van der Waals surface area contributed by atoms with Crippen LogP contribution in [-0.4, -0.2) is 41.9 Å². The summed E-state index contributed by atoms with van der Waals surface area (Å²) in [5.74, 6) is 0. The van der Waals surface area contributed by atoms with Crippen molar-refractivity contribution in [3.05, 3.63) is 24.5 Å². The number of piperidine rings is 1. The number of hydrogen-bond donors (Lipinski definition) is 2. The summed E-state index contributed by atoms with van der Waals surface area (Å²) >= 11 is 0. The zero-order chi connectivity index (χ0) is 12.1. The lowest BCUT2D eigenvalue weighted by molar-refractivity contribution is 0.233. The minimum Gasteiger partial charge on any atom is -0.395 e. The molecule has 2 rings (SSSR count). The molecule has 0 saturated carbocycles. The molecule has 1 aromatic rings. The maximum Gasteiger partial charge on any atom is 0.0582 e. The summed E-state index contributed by atoms with van der Waals surface area (Å²) in [7, 11) is 0. The van der Waals surface area contributed by atoms with E-state index in [1.165, 1.54) is 5.69 Å². The van der Waals surface area contributed by atoms with E-state index in [4.69, 9.17) is 5.11 Å². The van der Waals surface area contributed by atoms with Gasteiger partial charge < -0.3 is 15.3 Å². The quantitative estimate of drug-likeness (QED) is 0.818. The predicted octanol–water partition coefficient (Wildman–Crippen LogP) is 1.02. The maximum atomic E-state index is 9.02. The largest absolute Gasteiger partial charge is 0.395 e. The Balaban J connectivity index is 1.82. The van der Waals surface area contributed by atoms with Crippen molar-refractivity contribution in [3.8, 4) is 0 Å². The van der Waals surface area contributed by atoms with Crippen LogP contribution in [0, 0.1) is 0 Å². The van der Waals surface area contributed by atoms with Crippen LogP contribution in [0.1, 0.15) is 19.8 Å². The van der Waals surface area contributed by atoms with Crippen molar-refractivity contribution in [1.82, 2.24) is 10.3 Å². The standard InChI is InChI=1S/C13H21N3O/c1-11(10-17)15-12-4-8-16(9-5-12)13-2-6-14-7-3-13/h2-3,6-7,11-12,15,17H,4-5,8-10H2,1H3/t11-/m1/s1. The fraction of sp³-hybridized carbons (Fsp3) is 0.615. The van der Waals surface area contributed by atoms with Crippen LogP contribution >= 0.6 is 0 Å². The Morgan fingerprint density at radius 1 is 1.41 bits per heavy atom. The van der Waals surface area contributed by atoms with Gasteiger partial charge in [0, 0.05) is 43.3 Å². The van der Waals surface area contributed by atoms with Gasteiger partial charge in [0.15, 0.2) is 0 Å². The third-order valence-electron chi connectivity index (χ3n) is 3.32. The lowest BCUT2D eigenvalue weighted by Gasteiger charge is -2.35. The van der Waals surface area contributed by atoms with Gasteiger partial charge in [-0.1, -0.05) is 0 Å². The summed E-state index contributed by atoms with van der Waals surface area (Å²) in [4.78, 5) is 6.43. The molecule has 1 aromatic heterocycles. The third kappa shape index (κ3) is 3.41. The monoisotopic (exact) mass is 235 g/mol. The van der Waals surface area contributed by atoms with Crippen LogP contribution in [-0.2, 0) is 0 Å². The SMILES string of the molecule is C[C@H](CO)NC1CCN(c2ccncc2)CC1. The number of rotatable bonds is 4. The smallest absolute Gasteiger partial charge is 0.0582 e. The van der Waals surface area contributed by atoms with Crippen molar-refractivity contribution in [3.63, 3.8) is 0 Å². The Hall–Kier alpha value is -1.13. The molecule has 0 spiro atoms. The van der Waals surface area contributed by atoms with Crippen molar-refractivity contribution in [2.75, 3.05) is 24.6 Å². The lowest BCUT2D eigenvalue weighted by Crippen LogP contribution is -2.46. The van der Waals surface area contributed by atoms with Crippen LogP contribution in [0.4, 0.5) is 5.69 Å². The predicted molar refractivity (Wildman–Crippen MR) is 69.2 cm³/mol. The van der Waals surface area contributed by atoms with Crippen molar-refractivity contribution >= 4 is 5.69 Å². The first-order valence-electron chi connectivity index (χ1n) is 6.31. The normalized spacial score (nSPS) is 19.3. The van der Waals surface area contributed by atoms with E-state index >= 15 is 0 Å². The molecule has 1 atom stereocenters. The topological polar surface area (TPSA) is 48.4 Å². The summed E-state index contributed by atoms with van der Waals surface area (Å²) in [5, 5.41) is 12.5. The molecular formula is C13H21N3O. The van der Waals surface area contributed by atoms with Crippen LogP contribution in [0.3, 0.4) is 0 Å². The van der Waals surface area contributed by atoms with Crippen LogP contribution in [0.15, 0.2) is 24.5 Å². The fourth-order valence-electron chi connectivity index (χ4n) is 2.31. The molecule has 0 aliphatic carbocycles. The summed E-state index contributed by atoms with van der Waals surface area (Å²) in [6.07, 6.45) is 5.94. The number of nitrogens with zero attached hydrogens (tertiary/aromatic N) is 2. The van der Waals surface area contributed by atoms with E-state index in [1.807, 2.05) is 19.3 Å². The lowest BCUT2D eigenvalue weighted by atomic mass is 10.0. The molecule has 1 aliphatic rings. The van der Waals surface area contributed by atoms with E-state index in [1.54, 1.807) is 0 Å². The van der Waals surface area contributed by atoms with E-state index < -0.39 is 0 Å². The minimum atomic E-state index is 0.201. The van der Waals surface area contributed by atoms with Gasteiger partial charge in [-0.05, 0) is 31.9 Å². The summed E-state index contributed by atoms with van der Waals surface area (Å²) in [6.45, 7) is 4.37. The van der Waals surface area contributed by atoms with Crippen molar-refractivity contribution < 1.29 is 5.11 Å². The molecule has 0 unspecified atom stereocenters. The van der Waals surface area contributed by atoms with Crippen LogP contribution < -0.4 is 10.2 Å². The molecule has 0 aromatic carbocycles. The molecule has 0 amide bonds. The molecule has 94 valence electrons. The van der Waals surface area contributed by atoms with Gasteiger partial charge in [-0.25, -0.2) is 0 Å². The first-order valence-corrected chi connectivity index (χ1v) is 6.31. The molecule has 2 N–H and O–H groups in total. The van der Waals surface area contributed by atoms with E-state index in [-0.39, 0.29) is 12.6 Å². The van der Waals surface area contributed by atoms with Crippen molar-refractivity contribution in [2.24, 2.45) is 0 Å². The molecule has 17 heavy (non-hydrogen) atoms. The molecular weight excluding hydrogens is 214 g/mol. The second-order valence-corrected chi connectivity index (χ2v) is 4.72. The Labute approximate surface area is 103 Å². The number of aliphatic hydroxyl groups is 1. The number of pyridine rings is 1. The number of aliphatic hydroxyl groups excluding tert-OH is 1. The average Bonchev–Trinajstić information content (AvgIpc) is 2.40. The van der Waals surface area contributed by atoms with Gasteiger partial charge in [-0.3, -0.25) is 4.98 Å². The van der Waals surface area contributed by atoms with Crippen LogP contribution in [0.2, 0.25) is 0 Å². The van der Waals surface area contributed by atoms with Gasteiger partial charge in [0.25, 0.3) is 0 Å². The molecule has 1 saturated heterocycles. The van der Waals surface area contributed by atoms with Gasteiger partial charge in [0.05, 0.1) is 6.61 Å². The van der Waals surface area contributed by atoms with Gasteiger partial charge in [0.2, 0.25) is 0 Å². The average molecular weight is 235 g/mol. The Kier molecular flexibility index (Phi) is 4.34. The summed E-state index contributed by atoms with van der Waals surface area (Å²) < 4.78 is 0. The zero-order valence-corrected chi connectivity index (χ0v) is 10.3.